The Hall–Kier alpha value is -2.50. The van der Waals surface area contributed by atoms with Crippen molar-refractivity contribution in [3.05, 3.63) is 11.4 Å². The minimum absolute atomic E-state index is 0.0915. The summed E-state index contributed by atoms with van der Waals surface area (Å²) in [6, 6.07) is 0. The quantitative estimate of drug-likeness (QED) is 0.629. The molecule has 2 aromatic rings. The zero-order valence-corrected chi connectivity index (χ0v) is 10.6. The van der Waals surface area contributed by atoms with E-state index in [-0.39, 0.29) is 11.6 Å². The maximum atomic E-state index is 12.1. The molecule has 12 heteroatoms. The Morgan fingerprint density at radius 3 is 2.68 bits per heavy atom. The van der Waals surface area contributed by atoms with Gasteiger partial charge in [-0.3, -0.25) is 5.10 Å². The number of hydrogen-bond acceptors (Lipinski definition) is 7. The monoisotopic (exact) mass is 287 g/mol. The number of anilines is 1. The first kappa shape index (κ1) is 12.9. The highest BCUT2D eigenvalue weighted by molar-refractivity contribution is 7.92. The van der Waals surface area contributed by atoms with E-state index in [4.69, 9.17) is 5.11 Å². The topological polar surface area (TPSA) is 156 Å². The van der Waals surface area contributed by atoms with Crippen LogP contribution in [0, 0.1) is 6.92 Å². The highest BCUT2D eigenvalue weighted by Gasteiger charge is 2.29. The molecule has 0 bridgehead atoms. The maximum absolute atomic E-state index is 12.1. The van der Waals surface area contributed by atoms with Crippen molar-refractivity contribution >= 4 is 21.9 Å². The van der Waals surface area contributed by atoms with Gasteiger partial charge in [-0.05, 0) is 12.1 Å². The van der Waals surface area contributed by atoms with E-state index >= 15 is 0 Å². The molecule has 0 unspecified atom stereocenters. The van der Waals surface area contributed by atoms with Crippen LogP contribution in [0.3, 0.4) is 0 Å². The number of carboxylic acid groups (broad SMARTS) is 1. The third-order valence-corrected chi connectivity index (χ3v) is 3.58. The Labute approximate surface area is 106 Å². The van der Waals surface area contributed by atoms with Crippen LogP contribution >= 0.6 is 0 Å². The predicted octanol–water partition coefficient (Wildman–Crippen LogP) is -1.26. The van der Waals surface area contributed by atoms with E-state index in [0.29, 0.717) is 0 Å². The van der Waals surface area contributed by atoms with Crippen molar-refractivity contribution in [3.63, 3.8) is 0 Å². The second-order valence-corrected chi connectivity index (χ2v) is 5.16. The molecule has 0 aliphatic heterocycles. The second kappa shape index (κ2) is 4.31. The summed E-state index contributed by atoms with van der Waals surface area (Å²) in [6.45, 7) is 1.39. The van der Waals surface area contributed by atoms with Crippen LogP contribution < -0.4 is 4.72 Å². The molecule has 0 amide bonds. The lowest BCUT2D eigenvalue weighted by molar-refractivity contribution is 0.0686. The number of carboxylic acids is 1. The lowest BCUT2D eigenvalue weighted by Crippen LogP contribution is -2.18. The normalized spacial score (nSPS) is 11.5. The Morgan fingerprint density at radius 2 is 2.16 bits per heavy atom. The molecule has 2 rings (SSSR count). The van der Waals surface area contributed by atoms with Gasteiger partial charge in [0.05, 0.1) is 12.7 Å². The number of tetrazole rings is 1. The number of nitrogens with zero attached hydrogens (tertiary/aromatic N) is 5. The molecule has 0 spiro atoms. The van der Waals surface area contributed by atoms with Crippen LogP contribution in [0.5, 0.6) is 0 Å². The van der Waals surface area contributed by atoms with E-state index in [9.17, 15) is 13.2 Å². The predicted molar refractivity (Wildman–Crippen MR) is 59.9 cm³/mol. The average molecular weight is 287 g/mol. The number of H-pyrrole nitrogens is 1. The Morgan fingerprint density at radius 1 is 1.47 bits per heavy atom. The van der Waals surface area contributed by atoms with E-state index in [2.05, 4.69) is 25.6 Å². The molecule has 2 aromatic heterocycles. The fraction of sp³-hybridized carbons (Fsp3) is 0.286. The molecule has 0 fully saturated rings. The first-order chi connectivity index (χ1) is 8.81. The number of aryl methyl sites for hydroxylation is 2. The number of sulfonamides is 1. The minimum atomic E-state index is -4.17. The van der Waals surface area contributed by atoms with Crippen molar-refractivity contribution < 1.29 is 18.3 Å². The smallest absolute Gasteiger partial charge is 0.357 e. The Kier molecular flexibility index (Phi) is 2.94. The number of aromatic carboxylic acids is 1. The third kappa shape index (κ3) is 2.37. The van der Waals surface area contributed by atoms with Gasteiger partial charge in [-0.1, -0.05) is 5.10 Å². The van der Waals surface area contributed by atoms with E-state index < -0.39 is 26.6 Å². The van der Waals surface area contributed by atoms with Crippen LogP contribution in [-0.4, -0.2) is 49.9 Å². The highest BCUT2D eigenvalue weighted by atomic mass is 32.2. The minimum Gasteiger partial charge on any atom is -0.476 e. The molecular formula is C7H9N7O4S. The van der Waals surface area contributed by atoms with Crippen LogP contribution in [0.15, 0.2) is 4.90 Å². The van der Waals surface area contributed by atoms with E-state index in [1.165, 1.54) is 14.0 Å². The number of nitrogens with one attached hydrogen (secondary N) is 2. The van der Waals surface area contributed by atoms with Crippen LogP contribution in [0.1, 0.15) is 16.2 Å². The zero-order valence-electron chi connectivity index (χ0n) is 9.82. The van der Waals surface area contributed by atoms with Gasteiger partial charge in [-0.25, -0.2) is 17.9 Å². The maximum Gasteiger partial charge on any atom is 0.357 e. The van der Waals surface area contributed by atoms with Crippen LogP contribution in [0.2, 0.25) is 0 Å². The molecule has 0 aliphatic carbocycles. The molecule has 19 heavy (non-hydrogen) atoms. The van der Waals surface area contributed by atoms with Crippen molar-refractivity contribution in [3.8, 4) is 0 Å². The molecule has 3 N–H and O–H groups in total. The largest absolute Gasteiger partial charge is 0.476 e. The lowest BCUT2D eigenvalue weighted by Gasteiger charge is -2.03. The summed E-state index contributed by atoms with van der Waals surface area (Å²) in [7, 11) is -2.71. The molecule has 0 radical (unpaired) electrons. The van der Waals surface area contributed by atoms with Crippen LogP contribution in [-0.2, 0) is 17.1 Å². The van der Waals surface area contributed by atoms with Crippen molar-refractivity contribution in [2.45, 2.75) is 11.8 Å². The second-order valence-electron chi connectivity index (χ2n) is 3.54. The Bertz CT molecular complexity index is 730. The number of rotatable bonds is 4. The Balaban J connectivity index is 2.45. The highest BCUT2D eigenvalue weighted by Crippen LogP contribution is 2.19. The van der Waals surface area contributed by atoms with Gasteiger partial charge in [0.15, 0.2) is 5.69 Å². The molecule has 0 saturated heterocycles. The molecule has 102 valence electrons. The van der Waals surface area contributed by atoms with Crippen molar-refractivity contribution in [1.29, 1.82) is 0 Å². The van der Waals surface area contributed by atoms with Gasteiger partial charge in [0, 0.05) is 0 Å². The molecule has 0 aromatic carbocycles. The van der Waals surface area contributed by atoms with E-state index in [1.807, 2.05) is 4.72 Å². The summed E-state index contributed by atoms with van der Waals surface area (Å²) in [6.07, 6.45) is 0. The summed E-state index contributed by atoms with van der Waals surface area (Å²) in [5.74, 6) is -1.73. The first-order valence-electron chi connectivity index (χ1n) is 4.86. The van der Waals surface area contributed by atoms with Crippen molar-refractivity contribution in [2.75, 3.05) is 4.72 Å². The third-order valence-electron chi connectivity index (χ3n) is 2.10. The number of aromatic nitrogens is 6. The average Bonchev–Trinajstić information content (AvgIpc) is 2.84. The lowest BCUT2D eigenvalue weighted by atomic mass is 10.4. The fourth-order valence-electron chi connectivity index (χ4n) is 1.39. The molecule has 2 heterocycles. The standard InChI is InChI=1S/C7H9N7O4S/c1-3-5(4(6(15)16)9-8-3)19(17,18)12-7-10-13-14(2)11-7/h1-2H3,(H,8,9)(H,11,12)(H,15,16). The molecule has 0 atom stereocenters. The van der Waals surface area contributed by atoms with Crippen molar-refractivity contribution in [1.82, 2.24) is 30.4 Å². The van der Waals surface area contributed by atoms with Crippen LogP contribution in [0.4, 0.5) is 5.95 Å². The molecule has 0 aliphatic rings. The van der Waals surface area contributed by atoms with E-state index in [1.54, 1.807) is 0 Å². The number of hydrogen-bond donors (Lipinski definition) is 3. The summed E-state index contributed by atoms with van der Waals surface area (Å²) in [5.41, 5.74) is -0.511. The van der Waals surface area contributed by atoms with Gasteiger partial charge < -0.3 is 5.11 Å². The van der Waals surface area contributed by atoms with Gasteiger partial charge in [-0.15, -0.1) is 5.10 Å². The summed E-state index contributed by atoms with van der Waals surface area (Å²) in [4.78, 5) is 11.5. The first-order valence-corrected chi connectivity index (χ1v) is 6.34. The molecule has 11 nitrogen and oxygen atoms in total. The van der Waals surface area contributed by atoms with Gasteiger partial charge in [0.25, 0.3) is 16.0 Å². The van der Waals surface area contributed by atoms with Crippen molar-refractivity contribution in [2.24, 2.45) is 7.05 Å². The van der Waals surface area contributed by atoms with Crippen LogP contribution in [0.25, 0.3) is 0 Å². The summed E-state index contributed by atoms with van der Waals surface area (Å²) in [5, 5.41) is 25.2. The zero-order chi connectivity index (χ0) is 14.2. The number of carbonyl (C=O) groups is 1. The van der Waals surface area contributed by atoms with Gasteiger partial charge >= 0.3 is 5.97 Å². The summed E-state index contributed by atoms with van der Waals surface area (Å²) >= 11 is 0. The summed E-state index contributed by atoms with van der Waals surface area (Å²) < 4.78 is 26.2. The van der Waals surface area contributed by atoms with E-state index in [0.717, 1.165) is 4.80 Å². The molecule has 0 saturated carbocycles. The SMILES string of the molecule is Cc1[nH]nc(C(=O)O)c1S(=O)(=O)Nc1nnn(C)n1. The number of aromatic amines is 1. The fourth-order valence-corrected chi connectivity index (χ4v) is 2.65. The molecular weight excluding hydrogens is 278 g/mol. The van der Waals surface area contributed by atoms with Gasteiger partial charge in [0.1, 0.15) is 4.90 Å². The van der Waals surface area contributed by atoms with Gasteiger partial charge in [0.2, 0.25) is 0 Å². The van der Waals surface area contributed by atoms with Gasteiger partial charge in [-0.2, -0.15) is 9.90 Å².